The smallest absolute Gasteiger partial charge is 0.166 e. The summed E-state index contributed by atoms with van der Waals surface area (Å²) in [6.45, 7) is 0. The van der Waals surface area contributed by atoms with E-state index in [1.807, 2.05) is 18.2 Å². The molecule has 2 heteroatoms. The summed E-state index contributed by atoms with van der Waals surface area (Å²) >= 11 is 0. The Labute approximate surface area is 69.7 Å². The standard InChI is InChI=1S/C10H7O2/c11-9-6-5-7-3-1-2-4-8(7)10(9)12/h1-5,11-12H. The normalized spacial score (nSPS) is 10.3. The first kappa shape index (κ1) is 6.98. The first-order chi connectivity index (χ1) is 5.79. The van der Waals surface area contributed by atoms with Crippen LogP contribution in [0.3, 0.4) is 0 Å². The maximum Gasteiger partial charge on any atom is 0.166 e. The van der Waals surface area contributed by atoms with Gasteiger partial charge in [-0.05, 0) is 11.5 Å². The highest BCUT2D eigenvalue weighted by Gasteiger charge is 2.03. The van der Waals surface area contributed by atoms with Crippen molar-refractivity contribution in [3.8, 4) is 11.5 Å². The number of hydrogen-bond acceptors (Lipinski definition) is 2. The predicted octanol–water partition coefficient (Wildman–Crippen LogP) is 2.05. The van der Waals surface area contributed by atoms with Crippen LogP contribution in [0.15, 0.2) is 30.3 Å². The van der Waals surface area contributed by atoms with Crippen LogP contribution in [-0.2, 0) is 0 Å². The number of phenols is 2. The van der Waals surface area contributed by atoms with Gasteiger partial charge in [0.1, 0.15) is 0 Å². The van der Waals surface area contributed by atoms with Gasteiger partial charge < -0.3 is 10.2 Å². The summed E-state index contributed by atoms with van der Waals surface area (Å²) < 4.78 is 0. The highest BCUT2D eigenvalue weighted by atomic mass is 16.3. The Morgan fingerprint density at radius 3 is 2.67 bits per heavy atom. The van der Waals surface area contributed by atoms with E-state index in [1.165, 1.54) is 0 Å². The molecule has 12 heavy (non-hydrogen) atoms. The lowest BCUT2D eigenvalue weighted by Gasteiger charge is -2.00. The van der Waals surface area contributed by atoms with Gasteiger partial charge in [0.15, 0.2) is 11.5 Å². The molecule has 0 amide bonds. The van der Waals surface area contributed by atoms with E-state index in [0.29, 0.717) is 5.39 Å². The molecule has 0 bridgehead atoms. The fourth-order valence-corrected chi connectivity index (χ4v) is 1.18. The van der Waals surface area contributed by atoms with E-state index in [4.69, 9.17) is 5.11 Å². The minimum Gasteiger partial charge on any atom is -0.504 e. The van der Waals surface area contributed by atoms with Crippen LogP contribution in [0, 0.1) is 6.07 Å². The second-order valence-electron chi connectivity index (χ2n) is 2.57. The van der Waals surface area contributed by atoms with Gasteiger partial charge >= 0.3 is 0 Å². The number of fused-ring (bicyclic) bond motifs is 1. The van der Waals surface area contributed by atoms with Crippen molar-refractivity contribution in [2.24, 2.45) is 0 Å². The quantitative estimate of drug-likeness (QED) is 0.577. The molecule has 0 aliphatic rings. The fraction of sp³-hybridized carbons (Fsp3) is 0. The van der Waals surface area contributed by atoms with Crippen molar-refractivity contribution in [1.29, 1.82) is 0 Å². The van der Waals surface area contributed by atoms with Crippen LogP contribution in [0.5, 0.6) is 11.5 Å². The van der Waals surface area contributed by atoms with Crippen LogP contribution in [0.1, 0.15) is 0 Å². The largest absolute Gasteiger partial charge is 0.504 e. The molecule has 0 heterocycles. The Morgan fingerprint density at radius 1 is 1.08 bits per heavy atom. The lowest BCUT2D eigenvalue weighted by molar-refractivity contribution is 0.407. The van der Waals surface area contributed by atoms with Gasteiger partial charge in [0.05, 0.1) is 0 Å². The summed E-state index contributed by atoms with van der Waals surface area (Å²) in [5, 5.41) is 20.0. The second kappa shape index (κ2) is 2.41. The first-order valence-electron chi connectivity index (χ1n) is 3.60. The molecule has 0 saturated heterocycles. The van der Waals surface area contributed by atoms with Crippen molar-refractivity contribution in [2.75, 3.05) is 0 Å². The van der Waals surface area contributed by atoms with Crippen molar-refractivity contribution in [3.63, 3.8) is 0 Å². The van der Waals surface area contributed by atoms with E-state index in [9.17, 15) is 5.11 Å². The molecular formula is C10H7O2. The van der Waals surface area contributed by atoms with Gasteiger partial charge in [0.2, 0.25) is 0 Å². The summed E-state index contributed by atoms with van der Waals surface area (Å²) in [6.07, 6.45) is 0. The molecule has 0 aliphatic heterocycles. The Balaban J connectivity index is 2.91. The van der Waals surface area contributed by atoms with Crippen molar-refractivity contribution in [2.45, 2.75) is 0 Å². The van der Waals surface area contributed by atoms with Gasteiger partial charge in [-0.1, -0.05) is 24.3 Å². The van der Waals surface area contributed by atoms with Crippen LogP contribution in [0.25, 0.3) is 10.8 Å². The van der Waals surface area contributed by atoms with Gasteiger partial charge in [-0.15, -0.1) is 0 Å². The summed E-state index contributed by atoms with van der Waals surface area (Å²) in [6, 6.07) is 11.5. The fourth-order valence-electron chi connectivity index (χ4n) is 1.18. The summed E-state index contributed by atoms with van der Waals surface area (Å²) in [5.74, 6) is -0.304. The van der Waals surface area contributed by atoms with Gasteiger partial charge in [0.25, 0.3) is 0 Å². The van der Waals surface area contributed by atoms with Gasteiger partial charge in [-0.25, -0.2) is 0 Å². The number of phenolic OH excluding ortho intramolecular Hbond substituents is 2. The van der Waals surface area contributed by atoms with E-state index in [2.05, 4.69) is 6.07 Å². The first-order valence-corrected chi connectivity index (χ1v) is 3.60. The van der Waals surface area contributed by atoms with Crippen molar-refractivity contribution < 1.29 is 10.2 Å². The van der Waals surface area contributed by atoms with Crippen LogP contribution >= 0.6 is 0 Å². The highest BCUT2D eigenvalue weighted by Crippen LogP contribution is 2.32. The van der Waals surface area contributed by atoms with Crippen LogP contribution in [0.4, 0.5) is 0 Å². The van der Waals surface area contributed by atoms with E-state index in [0.717, 1.165) is 5.39 Å². The van der Waals surface area contributed by atoms with E-state index in [1.54, 1.807) is 12.1 Å². The lowest BCUT2D eigenvalue weighted by Crippen LogP contribution is -1.74. The molecule has 0 atom stereocenters. The number of aromatic hydroxyl groups is 2. The molecule has 0 saturated carbocycles. The maximum absolute atomic E-state index is 9.38. The van der Waals surface area contributed by atoms with Crippen LogP contribution < -0.4 is 0 Å². The average Bonchev–Trinajstić information content (AvgIpc) is 2.12. The third kappa shape index (κ3) is 0.889. The van der Waals surface area contributed by atoms with Gasteiger partial charge in [-0.2, -0.15) is 0 Å². The molecule has 0 unspecified atom stereocenters. The highest BCUT2D eigenvalue weighted by molar-refractivity contribution is 5.89. The van der Waals surface area contributed by atoms with E-state index < -0.39 is 0 Å². The molecule has 2 nitrogen and oxygen atoms in total. The molecule has 2 aromatic rings. The molecule has 2 N–H and O–H groups in total. The molecular weight excluding hydrogens is 152 g/mol. The average molecular weight is 159 g/mol. The zero-order valence-electron chi connectivity index (χ0n) is 6.28. The van der Waals surface area contributed by atoms with E-state index >= 15 is 0 Å². The van der Waals surface area contributed by atoms with Crippen molar-refractivity contribution in [1.82, 2.24) is 0 Å². The second-order valence-corrected chi connectivity index (χ2v) is 2.57. The maximum atomic E-state index is 9.38. The number of benzene rings is 2. The molecule has 1 radical (unpaired) electrons. The third-order valence-corrected chi connectivity index (χ3v) is 1.80. The number of hydrogen-bond donors (Lipinski definition) is 2. The minimum absolute atomic E-state index is 0.104. The van der Waals surface area contributed by atoms with Crippen LogP contribution in [-0.4, -0.2) is 10.2 Å². The summed E-state index contributed by atoms with van der Waals surface area (Å²) in [7, 11) is 0. The minimum atomic E-state index is -0.200. The monoisotopic (exact) mass is 159 g/mol. The molecule has 2 aromatic carbocycles. The van der Waals surface area contributed by atoms with Gasteiger partial charge in [0, 0.05) is 11.5 Å². The van der Waals surface area contributed by atoms with Crippen molar-refractivity contribution >= 4 is 10.8 Å². The van der Waals surface area contributed by atoms with E-state index in [-0.39, 0.29) is 11.5 Å². The van der Waals surface area contributed by atoms with Crippen molar-refractivity contribution in [3.05, 3.63) is 36.4 Å². The Bertz CT molecular complexity index is 421. The lowest BCUT2D eigenvalue weighted by atomic mass is 10.1. The molecule has 0 spiro atoms. The zero-order valence-corrected chi connectivity index (χ0v) is 6.28. The predicted molar refractivity (Wildman–Crippen MR) is 46.1 cm³/mol. The molecule has 59 valence electrons. The Hall–Kier alpha value is -1.70. The molecule has 0 aliphatic carbocycles. The summed E-state index contributed by atoms with van der Waals surface area (Å²) in [4.78, 5) is 0. The van der Waals surface area contributed by atoms with Gasteiger partial charge in [-0.3, -0.25) is 0 Å². The van der Waals surface area contributed by atoms with Crippen LogP contribution in [0.2, 0.25) is 0 Å². The SMILES string of the molecule is Oc1[c]cc2ccccc2c1O. The Kier molecular flexibility index (Phi) is 1.40. The Morgan fingerprint density at radius 2 is 1.83 bits per heavy atom. The third-order valence-electron chi connectivity index (χ3n) is 1.80. The topological polar surface area (TPSA) is 40.5 Å². The zero-order chi connectivity index (χ0) is 8.55. The molecule has 2 rings (SSSR count). The summed E-state index contributed by atoms with van der Waals surface area (Å²) in [5.41, 5.74) is 0. The number of rotatable bonds is 0. The molecule has 0 aromatic heterocycles. The molecule has 0 fully saturated rings.